The van der Waals surface area contributed by atoms with Crippen LogP contribution in [0.2, 0.25) is 0 Å². The van der Waals surface area contributed by atoms with E-state index < -0.39 is 0 Å². The van der Waals surface area contributed by atoms with Crippen LogP contribution in [0, 0.1) is 0 Å². The minimum atomic E-state index is 0.979. The summed E-state index contributed by atoms with van der Waals surface area (Å²) in [5, 5.41) is 6.74. The highest BCUT2D eigenvalue weighted by Crippen LogP contribution is 2.47. The molecule has 6 aromatic rings. The minimum Gasteiger partial charge on any atom is -0.243 e. The Balaban J connectivity index is 1.64. The highest BCUT2D eigenvalue weighted by atomic mass is 32.1. The molecule has 4 heteroatoms. The molecule has 30 heavy (non-hydrogen) atoms. The zero-order valence-corrected chi connectivity index (χ0v) is 17.4. The van der Waals surface area contributed by atoms with Gasteiger partial charge in [0.05, 0.1) is 22.4 Å². The number of benzene rings is 3. The Morgan fingerprint density at radius 3 is 1.50 bits per heavy atom. The van der Waals surface area contributed by atoms with Crippen LogP contribution in [0.25, 0.3) is 65.2 Å². The van der Waals surface area contributed by atoms with Crippen molar-refractivity contribution in [3.8, 4) is 43.4 Å². The summed E-state index contributed by atoms with van der Waals surface area (Å²) in [5.74, 6) is 0. The zero-order chi connectivity index (χ0) is 19.7. The number of thiophene rings is 2. The van der Waals surface area contributed by atoms with Gasteiger partial charge in [-0.1, -0.05) is 60.7 Å². The molecule has 0 saturated heterocycles. The first-order chi connectivity index (χ1) is 14.9. The van der Waals surface area contributed by atoms with Crippen LogP contribution in [0.5, 0.6) is 0 Å². The number of rotatable bonds is 2. The second kappa shape index (κ2) is 6.08. The summed E-state index contributed by atoms with van der Waals surface area (Å²) in [6, 6.07) is 25.8. The van der Waals surface area contributed by atoms with Gasteiger partial charge in [-0.2, -0.15) is 0 Å². The molecule has 0 fully saturated rings. The van der Waals surface area contributed by atoms with Crippen molar-refractivity contribution < 1.29 is 0 Å². The maximum absolute atomic E-state index is 5.27. The van der Waals surface area contributed by atoms with Gasteiger partial charge in [0.1, 0.15) is 0 Å². The Morgan fingerprint density at radius 2 is 1.03 bits per heavy atom. The lowest BCUT2D eigenvalue weighted by atomic mass is 10.0. The average molecular weight is 419 g/mol. The Kier molecular flexibility index (Phi) is 3.34. The van der Waals surface area contributed by atoms with E-state index in [4.69, 9.17) is 9.97 Å². The zero-order valence-electron chi connectivity index (χ0n) is 15.8. The summed E-state index contributed by atoms with van der Waals surface area (Å²) >= 11 is 3.49. The van der Waals surface area contributed by atoms with Gasteiger partial charge >= 0.3 is 0 Å². The maximum atomic E-state index is 5.27. The highest BCUT2D eigenvalue weighted by Gasteiger charge is 2.26. The van der Waals surface area contributed by atoms with E-state index in [1.54, 1.807) is 22.7 Å². The lowest BCUT2D eigenvalue weighted by Crippen LogP contribution is -1.94. The molecule has 7 rings (SSSR count). The molecule has 140 valence electrons. The lowest BCUT2D eigenvalue weighted by molar-refractivity contribution is 1.32. The van der Waals surface area contributed by atoms with E-state index in [9.17, 15) is 0 Å². The maximum Gasteiger partial charge on any atom is 0.0988 e. The van der Waals surface area contributed by atoms with Gasteiger partial charge in [0.25, 0.3) is 0 Å². The van der Waals surface area contributed by atoms with Crippen molar-refractivity contribution in [3.63, 3.8) is 0 Å². The third-order valence-corrected chi connectivity index (χ3v) is 7.62. The molecule has 1 aliphatic carbocycles. The molecule has 0 bridgehead atoms. The molecule has 0 aliphatic heterocycles. The molecular formula is C26H14N2S2. The van der Waals surface area contributed by atoms with E-state index in [1.807, 2.05) is 0 Å². The molecule has 0 N–H and O–H groups in total. The fourth-order valence-electron chi connectivity index (χ4n) is 4.51. The normalized spacial score (nSPS) is 12.0. The fourth-order valence-corrected chi connectivity index (χ4v) is 6.01. The first kappa shape index (κ1) is 16.5. The number of hydrogen-bond acceptors (Lipinski definition) is 4. The van der Waals surface area contributed by atoms with E-state index in [1.165, 1.54) is 31.7 Å². The summed E-state index contributed by atoms with van der Waals surface area (Å²) in [5.41, 5.74) is 8.62. The Hall–Kier alpha value is -3.34. The van der Waals surface area contributed by atoms with Crippen LogP contribution < -0.4 is 0 Å². The van der Waals surface area contributed by atoms with Crippen molar-refractivity contribution in [2.45, 2.75) is 0 Å². The van der Waals surface area contributed by atoms with Gasteiger partial charge in [0.15, 0.2) is 0 Å². The molecule has 3 aromatic heterocycles. The second-order valence-corrected chi connectivity index (χ2v) is 9.34. The molecule has 0 saturated carbocycles. The van der Waals surface area contributed by atoms with Crippen LogP contribution >= 0.6 is 22.7 Å². The third kappa shape index (κ3) is 2.18. The number of fused-ring (bicyclic) bond motifs is 4. The molecule has 3 heterocycles. The summed E-state index contributed by atoms with van der Waals surface area (Å²) in [7, 11) is 0. The Bertz CT molecular complexity index is 1460. The Morgan fingerprint density at radius 1 is 0.500 bits per heavy atom. The molecule has 0 amide bonds. The van der Waals surface area contributed by atoms with Crippen molar-refractivity contribution in [1.29, 1.82) is 0 Å². The molecule has 0 atom stereocenters. The summed E-state index contributed by atoms with van der Waals surface area (Å²) in [6.07, 6.45) is 0. The van der Waals surface area contributed by atoms with Crippen LogP contribution in [-0.2, 0) is 0 Å². The smallest absolute Gasteiger partial charge is 0.0988 e. The largest absolute Gasteiger partial charge is 0.243 e. The van der Waals surface area contributed by atoms with Gasteiger partial charge in [-0.25, -0.2) is 9.97 Å². The molecule has 0 spiro atoms. The van der Waals surface area contributed by atoms with Gasteiger partial charge in [-0.15, -0.1) is 22.7 Å². The van der Waals surface area contributed by atoms with Gasteiger partial charge < -0.3 is 0 Å². The van der Waals surface area contributed by atoms with Gasteiger partial charge in [0, 0.05) is 37.4 Å². The van der Waals surface area contributed by atoms with Crippen LogP contribution in [-0.4, -0.2) is 9.97 Å². The average Bonchev–Trinajstić information content (AvgIpc) is 3.55. The van der Waals surface area contributed by atoms with Crippen LogP contribution in [0.3, 0.4) is 0 Å². The summed E-state index contributed by atoms with van der Waals surface area (Å²) in [6.45, 7) is 0. The highest BCUT2D eigenvalue weighted by molar-refractivity contribution is 7.14. The molecular weight excluding hydrogens is 404 g/mol. The number of nitrogens with zero attached hydrogens (tertiary/aromatic N) is 2. The van der Waals surface area contributed by atoms with E-state index >= 15 is 0 Å². The van der Waals surface area contributed by atoms with Crippen LogP contribution in [0.1, 0.15) is 0 Å². The van der Waals surface area contributed by atoms with Gasteiger partial charge in [0.2, 0.25) is 0 Å². The summed E-state index contributed by atoms with van der Waals surface area (Å²) < 4.78 is 0. The lowest BCUT2D eigenvalue weighted by Gasteiger charge is -2.11. The van der Waals surface area contributed by atoms with Crippen molar-refractivity contribution in [2.24, 2.45) is 0 Å². The van der Waals surface area contributed by atoms with E-state index in [0.29, 0.717) is 0 Å². The van der Waals surface area contributed by atoms with Crippen LogP contribution in [0.4, 0.5) is 0 Å². The molecule has 2 nitrogen and oxygen atoms in total. The van der Waals surface area contributed by atoms with Crippen molar-refractivity contribution in [2.75, 3.05) is 0 Å². The minimum absolute atomic E-state index is 0.979. The second-order valence-electron chi connectivity index (χ2n) is 7.44. The van der Waals surface area contributed by atoms with Crippen LogP contribution in [0.15, 0.2) is 83.6 Å². The Labute approximate surface area is 181 Å². The first-order valence-electron chi connectivity index (χ1n) is 9.83. The molecule has 3 aromatic carbocycles. The van der Waals surface area contributed by atoms with Crippen molar-refractivity contribution in [1.82, 2.24) is 9.97 Å². The standard InChI is InChI=1S/C26H14N2S2/c1-5-15-6-2-8-19-22(15)18(7-1)25-26(19)28-24-17(21-10-4-14-30-21)12-11-16(23(24)27-25)20-9-3-13-29-20/h1-14H. The van der Waals surface area contributed by atoms with Crippen molar-refractivity contribution in [3.05, 3.63) is 83.6 Å². The molecule has 1 aliphatic rings. The van der Waals surface area contributed by atoms with E-state index in [2.05, 4.69) is 83.6 Å². The van der Waals surface area contributed by atoms with Gasteiger partial charge in [-0.05, 0) is 28.3 Å². The van der Waals surface area contributed by atoms with E-state index in [0.717, 1.165) is 33.5 Å². The monoisotopic (exact) mass is 418 g/mol. The van der Waals surface area contributed by atoms with Crippen molar-refractivity contribution >= 4 is 44.5 Å². The molecule has 0 radical (unpaired) electrons. The van der Waals surface area contributed by atoms with Gasteiger partial charge in [-0.3, -0.25) is 0 Å². The first-order valence-corrected chi connectivity index (χ1v) is 11.6. The summed E-state index contributed by atoms with van der Waals surface area (Å²) in [4.78, 5) is 13.0. The predicted octanol–water partition coefficient (Wildman–Crippen LogP) is 7.89. The topological polar surface area (TPSA) is 25.8 Å². The predicted molar refractivity (Wildman–Crippen MR) is 128 cm³/mol. The number of aromatic nitrogens is 2. The fraction of sp³-hybridized carbons (Fsp3) is 0. The molecule has 0 unspecified atom stereocenters. The SMILES string of the molecule is c1csc(-c2ccc(-c3cccs3)c3nc4c(nc23)-c2cccc3cccc-4c23)c1. The van der Waals surface area contributed by atoms with E-state index in [-0.39, 0.29) is 0 Å². The number of hydrogen-bond donors (Lipinski definition) is 0. The quantitative estimate of drug-likeness (QED) is 0.285. The third-order valence-electron chi connectivity index (χ3n) is 5.81.